The molecule has 1 unspecified atom stereocenters. The zero-order valence-electron chi connectivity index (χ0n) is 10.5. The maximum Gasteiger partial charge on any atom is 0.139 e. The molecule has 0 bridgehead atoms. The van der Waals surface area contributed by atoms with Crippen molar-refractivity contribution in [1.82, 2.24) is 9.97 Å². The quantitative estimate of drug-likeness (QED) is 0.829. The van der Waals surface area contributed by atoms with Crippen molar-refractivity contribution in [3.8, 4) is 6.07 Å². The molecule has 0 aliphatic carbocycles. The smallest absolute Gasteiger partial charge is 0.139 e. The Labute approximate surface area is 106 Å². The summed E-state index contributed by atoms with van der Waals surface area (Å²) >= 11 is 0. The minimum atomic E-state index is -0.0546. The Hall–Kier alpha value is -2.35. The van der Waals surface area contributed by atoms with Crippen molar-refractivity contribution in [1.29, 1.82) is 5.26 Å². The van der Waals surface area contributed by atoms with Gasteiger partial charge in [0.1, 0.15) is 12.1 Å². The van der Waals surface area contributed by atoms with Crippen LogP contribution in [0.25, 0.3) is 10.9 Å². The molecule has 2 aromatic rings. The highest BCUT2D eigenvalue weighted by atomic mass is 15.2. The van der Waals surface area contributed by atoms with Gasteiger partial charge in [-0.2, -0.15) is 5.26 Å². The minimum Gasteiger partial charge on any atom is -0.399 e. The normalized spacial score (nSPS) is 12.1. The molecule has 18 heavy (non-hydrogen) atoms. The number of aromatic nitrogens is 2. The van der Waals surface area contributed by atoms with Gasteiger partial charge in [0.25, 0.3) is 0 Å². The summed E-state index contributed by atoms with van der Waals surface area (Å²) in [4.78, 5) is 10.4. The lowest BCUT2D eigenvalue weighted by atomic mass is 10.1. The second kappa shape index (κ2) is 4.88. The van der Waals surface area contributed by atoms with Crippen LogP contribution in [0.2, 0.25) is 0 Å². The zero-order valence-corrected chi connectivity index (χ0v) is 10.5. The lowest BCUT2D eigenvalue weighted by Crippen LogP contribution is -2.24. The molecular formula is C13H15N5. The third kappa shape index (κ3) is 2.33. The number of nitrogens with zero attached hydrogens (tertiary/aromatic N) is 4. The van der Waals surface area contributed by atoms with Crippen molar-refractivity contribution in [2.75, 3.05) is 24.2 Å². The lowest BCUT2D eigenvalue weighted by molar-refractivity contribution is 0.711. The third-order valence-corrected chi connectivity index (χ3v) is 2.77. The zero-order chi connectivity index (χ0) is 13.1. The molecule has 0 spiro atoms. The SMILES string of the molecule is CC(C#N)CN(C)c1ncnc2ccc(N)cc12. The van der Waals surface area contributed by atoms with E-state index in [0.29, 0.717) is 12.2 Å². The van der Waals surface area contributed by atoms with Crippen LogP contribution in [0.5, 0.6) is 0 Å². The fourth-order valence-electron chi connectivity index (χ4n) is 1.90. The summed E-state index contributed by atoms with van der Waals surface area (Å²) in [7, 11) is 1.92. The molecule has 1 aromatic carbocycles. The van der Waals surface area contributed by atoms with Crippen LogP contribution in [0.4, 0.5) is 11.5 Å². The van der Waals surface area contributed by atoms with E-state index >= 15 is 0 Å². The highest BCUT2D eigenvalue weighted by Crippen LogP contribution is 2.24. The van der Waals surface area contributed by atoms with E-state index in [1.54, 1.807) is 0 Å². The van der Waals surface area contributed by atoms with Gasteiger partial charge in [0.15, 0.2) is 0 Å². The molecule has 0 saturated carbocycles. The first-order valence-corrected chi connectivity index (χ1v) is 5.73. The van der Waals surface area contributed by atoms with Gasteiger partial charge in [-0.15, -0.1) is 0 Å². The van der Waals surface area contributed by atoms with Crippen LogP contribution >= 0.6 is 0 Å². The lowest BCUT2D eigenvalue weighted by Gasteiger charge is -2.20. The summed E-state index contributed by atoms with van der Waals surface area (Å²) in [5.74, 6) is 0.746. The fraction of sp³-hybridized carbons (Fsp3) is 0.308. The van der Waals surface area contributed by atoms with Gasteiger partial charge in [-0.05, 0) is 25.1 Å². The average Bonchev–Trinajstić information content (AvgIpc) is 2.37. The Morgan fingerprint density at radius 3 is 2.94 bits per heavy atom. The number of anilines is 2. The Morgan fingerprint density at radius 2 is 2.22 bits per heavy atom. The number of benzene rings is 1. The summed E-state index contributed by atoms with van der Waals surface area (Å²) in [5, 5.41) is 9.77. The molecule has 0 radical (unpaired) electrons. The first kappa shape index (κ1) is 12.1. The number of fused-ring (bicyclic) bond motifs is 1. The predicted octanol–water partition coefficient (Wildman–Crippen LogP) is 1.81. The van der Waals surface area contributed by atoms with Gasteiger partial charge in [0.05, 0.1) is 17.5 Å². The molecular weight excluding hydrogens is 226 g/mol. The van der Waals surface area contributed by atoms with Gasteiger partial charge >= 0.3 is 0 Å². The standard InChI is InChI=1S/C13H15N5/c1-9(6-14)7-18(2)13-11-5-10(15)3-4-12(11)16-8-17-13/h3-5,8-9H,7,15H2,1-2H3. The van der Waals surface area contributed by atoms with Crippen LogP contribution in [0.3, 0.4) is 0 Å². The number of hydrogen-bond donors (Lipinski definition) is 1. The van der Waals surface area contributed by atoms with Gasteiger partial charge in [-0.3, -0.25) is 0 Å². The van der Waals surface area contributed by atoms with E-state index < -0.39 is 0 Å². The van der Waals surface area contributed by atoms with Crippen LogP contribution in [0.15, 0.2) is 24.5 Å². The van der Waals surface area contributed by atoms with Crippen molar-refractivity contribution >= 4 is 22.4 Å². The molecule has 0 amide bonds. The molecule has 0 fully saturated rings. The summed E-state index contributed by atoms with van der Waals surface area (Å²) in [6.45, 7) is 2.51. The summed E-state index contributed by atoms with van der Waals surface area (Å²) < 4.78 is 0. The van der Waals surface area contributed by atoms with Gasteiger partial charge in [0.2, 0.25) is 0 Å². The van der Waals surface area contributed by atoms with Gasteiger partial charge < -0.3 is 10.6 Å². The van der Waals surface area contributed by atoms with Crippen molar-refractivity contribution in [2.24, 2.45) is 5.92 Å². The topological polar surface area (TPSA) is 78.8 Å². The Kier molecular flexibility index (Phi) is 3.28. The summed E-state index contributed by atoms with van der Waals surface area (Å²) in [6.07, 6.45) is 1.53. The molecule has 2 N–H and O–H groups in total. The van der Waals surface area contributed by atoms with Crippen molar-refractivity contribution < 1.29 is 0 Å². The van der Waals surface area contributed by atoms with Crippen molar-refractivity contribution in [3.05, 3.63) is 24.5 Å². The molecule has 5 heteroatoms. The molecule has 2 rings (SSSR count). The fourth-order valence-corrected chi connectivity index (χ4v) is 1.90. The van der Waals surface area contributed by atoms with E-state index in [0.717, 1.165) is 16.7 Å². The van der Waals surface area contributed by atoms with Crippen LogP contribution in [-0.2, 0) is 0 Å². The molecule has 1 aromatic heterocycles. The molecule has 0 aliphatic heterocycles. The number of nitrogen functional groups attached to an aromatic ring is 1. The Bertz CT molecular complexity index is 602. The second-order valence-electron chi connectivity index (χ2n) is 4.38. The molecule has 92 valence electrons. The number of rotatable bonds is 3. The highest BCUT2D eigenvalue weighted by molar-refractivity contribution is 5.91. The highest BCUT2D eigenvalue weighted by Gasteiger charge is 2.11. The Balaban J connectivity index is 2.44. The molecule has 0 aliphatic rings. The van der Waals surface area contributed by atoms with E-state index in [1.165, 1.54) is 6.33 Å². The summed E-state index contributed by atoms with van der Waals surface area (Å²) in [5.41, 5.74) is 7.33. The van der Waals surface area contributed by atoms with Gasteiger partial charge in [-0.1, -0.05) is 0 Å². The van der Waals surface area contributed by atoms with Crippen LogP contribution < -0.4 is 10.6 Å². The van der Waals surface area contributed by atoms with E-state index in [4.69, 9.17) is 11.0 Å². The minimum absolute atomic E-state index is 0.0546. The van der Waals surface area contributed by atoms with E-state index in [9.17, 15) is 0 Å². The number of hydrogen-bond acceptors (Lipinski definition) is 5. The van der Waals surface area contributed by atoms with Crippen LogP contribution in [-0.4, -0.2) is 23.6 Å². The van der Waals surface area contributed by atoms with Crippen molar-refractivity contribution in [2.45, 2.75) is 6.92 Å². The molecule has 5 nitrogen and oxygen atoms in total. The van der Waals surface area contributed by atoms with Crippen LogP contribution in [0.1, 0.15) is 6.92 Å². The van der Waals surface area contributed by atoms with E-state index in [2.05, 4.69) is 16.0 Å². The predicted molar refractivity (Wildman–Crippen MR) is 72.0 cm³/mol. The van der Waals surface area contributed by atoms with E-state index in [1.807, 2.05) is 37.1 Å². The monoisotopic (exact) mass is 241 g/mol. The maximum atomic E-state index is 8.86. The van der Waals surface area contributed by atoms with Gasteiger partial charge in [-0.25, -0.2) is 9.97 Å². The van der Waals surface area contributed by atoms with Crippen LogP contribution in [0, 0.1) is 17.2 Å². The third-order valence-electron chi connectivity index (χ3n) is 2.77. The van der Waals surface area contributed by atoms with Gasteiger partial charge in [0, 0.05) is 24.7 Å². The van der Waals surface area contributed by atoms with Crippen molar-refractivity contribution in [3.63, 3.8) is 0 Å². The maximum absolute atomic E-state index is 8.86. The number of nitrogens with two attached hydrogens (primary N) is 1. The van der Waals surface area contributed by atoms with E-state index in [-0.39, 0.29) is 5.92 Å². The summed E-state index contributed by atoms with van der Waals surface area (Å²) in [6, 6.07) is 7.76. The molecule has 0 saturated heterocycles. The average molecular weight is 241 g/mol. The largest absolute Gasteiger partial charge is 0.399 e. The molecule has 1 heterocycles. The second-order valence-corrected chi connectivity index (χ2v) is 4.38. The molecule has 1 atom stereocenters. The Morgan fingerprint density at radius 1 is 1.44 bits per heavy atom. The first-order chi connectivity index (χ1) is 8.61. The first-order valence-electron chi connectivity index (χ1n) is 5.73. The number of nitriles is 1.